The number of amides is 2. The first kappa shape index (κ1) is 13.1. The standard InChI is InChI=1S/C13H15BrN2O2/c1-8(9-3-2-4-10(14)7-9)15-13(18)11-5-6-12(17)16-11/h2-4,7-8,11H,5-6H2,1H3,(H,15,18)(H,16,17)/t8?,11-/m1/s1. The fourth-order valence-electron chi connectivity index (χ4n) is 1.98. The Bertz CT molecular complexity index is 476. The highest BCUT2D eigenvalue weighted by Crippen LogP contribution is 2.18. The van der Waals surface area contributed by atoms with Crippen molar-refractivity contribution in [2.75, 3.05) is 0 Å². The zero-order valence-corrected chi connectivity index (χ0v) is 11.7. The third kappa shape index (κ3) is 3.10. The molecule has 0 aliphatic carbocycles. The summed E-state index contributed by atoms with van der Waals surface area (Å²) >= 11 is 3.40. The van der Waals surface area contributed by atoms with Crippen LogP contribution in [0, 0.1) is 0 Å². The summed E-state index contributed by atoms with van der Waals surface area (Å²) in [5, 5.41) is 5.57. The van der Waals surface area contributed by atoms with Crippen LogP contribution in [-0.4, -0.2) is 17.9 Å². The second kappa shape index (κ2) is 5.52. The van der Waals surface area contributed by atoms with Crippen LogP contribution < -0.4 is 10.6 Å². The van der Waals surface area contributed by atoms with E-state index in [1.807, 2.05) is 31.2 Å². The Hall–Kier alpha value is -1.36. The maximum Gasteiger partial charge on any atom is 0.243 e. The Kier molecular flexibility index (Phi) is 4.01. The summed E-state index contributed by atoms with van der Waals surface area (Å²) in [6.45, 7) is 1.93. The van der Waals surface area contributed by atoms with Gasteiger partial charge in [0.15, 0.2) is 0 Å². The Morgan fingerprint density at radius 3 is 2.94 bits per heavy atom. The van der Waals surface area contributed by atoms with E-state index in [4.69, 9.17) is 0 Å². The highest BCUT2D eigenvalue weighted by Gasteiger charge is 2.27. The predicted molar refractivity (Wildman–Crippen MR) is 71.9 cm³/mol. The zero-order chi connectivity index (χ0) is 13.1. The summed E-state index contributed by atoms with van der Waals surface area (Å²) in [5.74, 6) is -0.168. The Labute approximate surface area is 114 Å². The fraction of sp³-hybridized carbons (Fsp3) is 0.385. The highest BCUT2D eigenvalue weighted by molar-refractivity contribution is 9.10. The molecule has 1 unspecified atom stereocenters. The minimum atomic E-state index is -0.382. The van der Waals surface area contributed by atoms with Gasteiger partial charge in [-0.25, -0.2) is 0 Å². The van der Waals surface area contributed by atoms with Gasteiger partial charge in [-0.05, 0) is 31.0 Å². The van der Waals surface area contributed by atoms with Crippen molar-refractivity contribution in [3.05, 3.63) is 34.3 Å². The molecule has 2 atom stereocenters. The monoisotopic (exact) mass is 310 g/mol. The van der Waals surface area contributed by atoms with Gasteiger partial charge in [0.05, 0.1) is 6.04 Å². The van der Waals surface area contributed by atoms with Crippen LogP contribution in [0.2, 0.25) is 0 Å². The van der Waals surface area contributed by atoms with Crippen LogP contribution in [0.3, 0.4) is 0 Å². The lowest BCUT2D eigenvalue weighted by molar-refractivity contribution is -0.126. The smallest absolute Gasteiger partial charge is 0.243 e. The van der Waals surface area contributed by atoms with Crippen molar-refractivity contribution in [1.29, 1.82) is 0 Å². The molecule has 0 saturated carbocycles. The van der Waals surface area contributed by atoms with E-state index >= 15 is 0 Å². The van der Waals surface area contributed by atoms with E-state index in [0.717, 1.165) is 10.0 Å². The Morgan fingerprint density at radius 2 is 2.33 bits per heavy atom. The lowest BCUT2D eigenvalue weighted by atomic mass is 10.1. The average Bonchev–Trinajstić information content (AvgIpc) is 2.76. The molecule has 1 aromatic rings. The molecule has 2 amide bonds. The van der Waals surface area contributed by atoms with Crippen molar-refractivity contribution in [3.8, 4) is 0 Å². The predicted octanol–water partition coefficient (Wildman–Crippen LogP) is 1.90. The highest BCUT2D eigenvalue weighted by atomic mass is 79.9. The van der Waals surface area contributed by atoms with Gasteiger partial charge in [-0.3, -0.25) is 9.59 Å². The topological polar surface area (TPSA) is 58.2 Å². The van der Waals surface area contributed by atoms with Gasteiger partial charge in [0, 0.05) is 10.9 Å². The summed E-state index contributed by atoms with van der Waals surface area (Å²) in [7, 11) is 0. The number of hydrogen-bond acceptors (Lipinski definition) is 2. The van der Waals surface area contributed by atoms with Gasteiger partial charge in [-0.1, -0.05) is 28.1 Å². The molecule has 1 heterocycles. The van der Waals surface area contributed by atoms with E-state index < -0.39 is 0 Å². The molecule has 18 heavy (non-hydrogen) atoms. The Balaban J connectivity index is 1.97. The zero-order valence-electron chi connectivity index (χ0n) is 10.1. The van der Waals surface area contributed by atoms with Crippen LogP contribution in [-0.2, 0) is 9.59 Å². The molecule has 4 nitrogen and oxygen atoms in total. The van der Waals surface area contributed by atoms with Gasteiger partial charge in [0.2, 0.25) is 11.8 Å². The van der Waals surface area contributed by atoms with Crippen LogP contribution in [0.25, 0.3) is 0 Å². The van der Waals surface area contributed by atoms with Gasteiger partial charge >= 0.3 is 0 Å². The van der Waals surface area contributed by atoms with E-state index in [-0.39, 0.29) is 23.9 Å². The molecule has 0 radical (unpaired) electrons. The minimum Gasteiger partial charge on any atom is -0.348 e. The maximum atomic E-state index is 11.9. The molecule has 0 bridgehead atoms. The number of rotatable bonds is 3. The molecule has 96 valence electrons. The molecular formula is C13H15BrN2O2. The fourth-order valence-corrected chi connectivity index (χ4v) is 2.40. The molecule has 1 fully saturated rings. The molecule has 1 aliphatic heterocycles. The van der Waals surface area contributed by atoms with Crippen LogP contribution in [0.15, 0.2) is 28.7 Å². The third-order valence-corrected chi connectivity index (χ3v) is 3.51. The first-order valence-electron chi connectivity index (χ1n) is 5.91. The summed E-state index contributed by atoms with van der Waals surface area (Å²) in [6, 6.07) is 7.34. The van der Waals surface area contributed by atoms with Crippen molar-refractivity contribution < 1.29 is 9.59 Å². The van der Waals surface area contributed by atoms with Crippen molar-refractivity contribution in [1.82, 2.24) is 10.6 Å². The van der Waals surface area contributed by atoms with E-state index in [2.05, 4.69) is 26.6 Å². The van der Waals surface area contributed by atoms with Gasteiger partial charge in [0.25, 0.3) is 0 Å². The van der Waals surface area contributed by atoms with E-state index in [1.54, 1.807) is 0 Å². The molecule has 1 aromatic carbocycles. The third-order valence-electron chi connectivity index (χ3n) is 3.02. The molecule has 0 spiro atoms. The lowest BCUT2D eigenvalue weighted by Crippen LogP contribution is -2.42. The molecule has 1 saturated heterocycles. The molecule has 5 heteroatoms. The number of benzene rings is 1. The minimum absolute atomic E-state index is 0.0507. The summed E-state index contributed by atoms with van der Waals surface area (Å²) in [5.41, 5.74) is 1.03. The normalized spacial score (nSPS) is 20.3. The summed E-state index contributed by atoms with van der Waals surface area (Å²) < 4.78 is 0.982. The lowest BCUT2D eigenvalue weighted by Gasteiger charge is -2.17. The van der Waals surface area contributed by atoms with Crippen molar-refractivity contribution in [2.45, 2.75) is 31.8 Å². The van der Waals surface area contributed by atoms with Crippen LogP contribution in [0.5, 0.6) is 0 Å². The number of nitrogens with one attached hydrogen (secondary N) is 2. The number of halogens is 1. The summed E-state index contributed by atoms with van der Waals surface area (Å²) in [6.07, 6.45) is 1.01. The first-order valence-corrected chi connectivity index (χ1v) is 6.71. The van der Waals surface area contributed by atoms with E-state index in [9.17, 15) is 9.59 Å². The molecule has 1 aliphatic rings. The summed E-state index contributed by atoms with van der Waals surface area (Å²) in [4.78, 5) is 23.0. The van der Waals surface area contributed by atoms with Crippen molar-refractivity contribution >= 4 is 27.7 Å². The molecule has 2 rings (SSSR count). The van der Waals surface area contributed by atoms with Gasteiger partial charge in [-0.15, -0.1) is 0 Å². The van der Waals surface area contributed by atoms with Crippen LogP contribution in [0.1, 0.15) is 31.4 Å². The second-order valence-electron chi connectivity index (χ2n) is 4.44. The number of hydrogen-bond donors (Lipinski definition) is 2. The van der Waals surface area contributed by atoms with Crippen LogP contribution in [0.4, 0.5) is 0 Å². The van der Waals surface area contributed by atoms with Crippen molar-refractivity contribution in [2.24, 2.45) is 0 Å². The SMILES string of the molecule is CC(NC(=O)[C@H]1CCC(=O)N1)c1cccc(Br)c1. The quantitative estimate of drug-likeness (QED) is 0.896. The second-order valence-corrected chi connectivity index (χ2v) is 5.36. The maximum absolute atomic E-state index is 11.9. The van der Waals surface area contributed by atoms with E-state index in [0.29, 0.717) is 12.8 Å². The number of carbonyl (C=O) groups is 2. The Morgan fingerprint density at radius 1 is 1.56 bits per heavy atom. The molecule has 0 aromatic heterocycles. The first-order chi connectivity index (χ1) is 8.56. The molecular weight excluding hydrogens is 296 g/mol. The number of carbonyl (C=O) groups excluding carboxylic acids is 2. The van der Waals surface area contributed by atoms with Gasteiger partial charge < -0.3 is 10.6 Å². The van der Waals surface area contributed by atoms with Gasteiger partial charge in [-0.2, -0.15) is 0 Å². The average molecular weight is 311 g/mol. The largest absolute Gasteiger partial charge is 0.348 e. The van der Waals surface area contributed by atoms with E-state index in [1.165, 1.54) is 0 Å². The van der Waals surface area contributed by atoms with Crippen LogP contribution >= 0.6 is 15.9 Å². The van der Waals surface area contributed by atoms with Crippen molar-refractivity contribution in [3.63, 3.8) is 0 Å². The molecule has 2 N–H and O–H groups in total. The van der Waals surface area contributed by atoms with Gasteiger partial charge in [0.1, 0.15) is 6.04 Å².